The summed E-state index contributed by atoms with van der Waals surface area (Å²) in [7, 11) is -7.05. The van der Waals surface area contributed by atoms with Gasteiger partial charge in [-0.25, -0.2) is 16.8 Å². The molecule has 0 saturated carbocycles. The number of hydrogen-bond donors (Lipinski definition) is 5. The van der Waals surface area contributed by atoms with Gasteiger partial charge in [0.1, 0.15) is 41.0 Å². The zero-order valence-corrected chi connectivity index (χ0v) is 43.2. The summed E-state index contributed by atoms with van der Waals surface area (Å²) in [5, 5.41) is 35.5. The Morgan fingerprint density at radius 3 is 1.62 bits per heavy atom. The lowest BCUT2D eigenvalue weighted by molar-refractivity contribution is -0.145. The third-order valence-corrected chi connectivity index (χ3v) is 15.4. The van der Waals surface area contributed by atoms with E-state index in [0.29, 0.717) is 54.5 Å². The van der Waals surface area contributed by atoms with Gasteiger partial charge in [0.05, 0.1) is 16.4 Å². The number of nitrogens with zero attached hydrogens (tertiary/aromatic N) is 4. The highest BCUT2D eigenvalue weighted by molar-refractivity contribution is 7.91. The number of aliphatic hydroxyl groups is 2. The number of sulfone groups is 2. The van der Waals surface area contributed by atoms with E-state index in [1.165, 1.54) is 43.8 Å². The molecule has 6 aromatic rings. The molecular formula is C51H54Cl2N6O12S2. The molecule has 22 heteroatoms. The Morgan fingerprint density at radius 1 is 0.699 bits per heavy atom. The van der Waals surface area contributed by atoms with Crippen molar-refractivity contribution >= 4 is 48.8 Å². The van der Waals surface area contributed by atoms with Gasteiger partial charge in [0.2, 0.25) is 23.5 Å². The third-order valence-electron chi connectivity index (χ3n) is 12.7. The number of hydrogen-bond acceptors (Lipinski definition) is 17. The van der Waals surface area contributed by atoms with Crippen molar-refractivity contribution in [2.24, 2.45) is 0 Å². The van der Waals surface area contributed by atoms with Crippen molar-refractivity contribution in [3.05, 3.63) is 140 Å². The third kappa shape index (κ3) is 12.5. The maximum Gasteiger partial charge on any atom is 0.323 e. The maximum absolute atomic E-state index is 12.3. The number of ether oxygens (including phenoxy) is 4. The van der Waals surface area contributed by atoms with Crippen LogP contribution in [0.25, 0.3) is 11.1 Å². The number of nitrogens with one attached hydrogen (secondary N) is 2. The number of rotatable bonds is 23. The minimum absolute atomic E-state index is 0.0139. The summed E-state index contributed by atoms with van der Waals surface area (Å²) in [4.78, 5) is 29.8. The molecule has 0 amide bonds. The van der Waals surface area contributed by atoms with Crippen molar-refractivity contribution in [3.63, 3.8) is 0 Å². The molecule has 3 atom stereocenters. The summed E-state index contributed by atoms with van der Waals surface area (Å²) < 4.78 is 74.4. The Kier molecular flexibility index (Phi) is 16.5. The summed E-state index contributed by atoms with van der Waals surface area (Å²) in [6.45, 7) is 1.38. The fraction of sp³-hybridized carbons (Fsp3) is 0.353. The van der Waals surface area contributed by atoms with Crippen molar-refractivity contribution in [1.82, 2.24) is 30.6 Å². The van der Waals surface area contributed by atoms with Gasteiger partial charge in [0.15, 0.2) is 19.7 Å². The van der Waals surface area contributed by atoms with Crippen LogP contribution < -0.4 is 29.6 Å². The maximum atomic E-state index is 12.3. The molecule has 0 bridgehead atoms. The van der Waals surface area contributed by atoms with Crippen LogP contribution in [0.2, 0.25) is 10.0 Å². The monoisotopic (exact) mass is 1080 g/mol. The molecule has 0 aliphatic heterocycles. The normalized spacial score (nSPS) is 16.1. The first-order valence-corrected chi connectivity index (χ1v) is 27.8. The number of pyridine rings is 4. The van der Waals surface area contributed by atoms with Gasteiger partial charge in [-0.3, -0.25) is 20.1 Å². The number of carboxylic acid groups (broad SMARTS) is 1. The Balaban J connectivity index is 1.04. The van der Waals surface area contributed by atoms with Crippen LogP contribution in [0, 0.1) is 0 Å². The smallest absolute Gasteiger partial charge is 0.323 e. The predicted molar refractivity (Wildman–Crippen MR) is 270 cm³/mol. The minimum Gasteiger partial charge on any atom is -0.480 e. The van der Waals surface area contributed by atoms with Gasteiger partial charge in [-0.05, 0) is 96.7 Å². The van der Waals surface area contributed by atoms with E-state index in [2.05, 4.69) is 32.7 Å². The van der Waals surface area contributed by atoms with E-state index in [1.807, 2.05) is 24.3 Å². The van der Waals surface area contributed by atoms with E-state index < -0.39 is 43.4 Å². The lowest BCUT2D eigenvalue weighted by atomic mass is 9.91. The zero-order valence-electron chi connectivity index (χ0n) is 40.1. The van der Waals surface area contributed by atoms with Gasteiger partial charge in [0, 0.05) is 85.8 Å². The van der Waals surface area contributed by atoms with Gasteiger partial charge < -0.3 is 39.6 Å². The molecule has 4 aromatic heterocycles. The standard InChI is InChI=1S/C51H54Cl2N6O12S2/c1-51(14-16-60,50(62)63)57-25-33-21-43(53)49(59-47(33)69-29-31-19-35(27-56-23-31)73(3,66)67)71-45-13-11-39-37(7-5-9-41(39)45)36-6-4-8-40-38(36)10-12-44(40)70-48-42(52)20-32(24-54-15-17-61)46(58-48)68-28-30-18-34(26-55-22-30)72(2,64)65/h4-9,18-23,26-27,44-45,54,57,60-61H,10-17,24-25,28-29H2,1-3H3,(H,62,63)/t44-,45-,51-/m0/s1. The number of benzene rings is 2. The molecule has 0 fully saturated rings. The molecule has 0 unspecified atom stereocenters. The number of fused-ring (bicyclic) bond motifs is 2. The first-order valence-electron chi connectivity index (χ1n) is 23.3. The SMILES string of the molecule is C[C@@](CCO)(NCc1cc(Cl)c(O[C@H]2CCc3c(-c4cccc5c4CC[C@@H]5Oc4nc(OCc5cncc(S(C)(=O)=O)c5)c(CNCCO)cc4Cl)cccc32)nc1OCc1cncc(S(C)(=O)=O)c1)C(=O)O. The second kappa shape index (κ2) is 22.7. The first-order chi connectivity index (χ1) is 34.8. The van der Waals surface area contributed by atoms with Crippen LogP contribution in [-0.2, 0) is 63.6 Å². The molecule has 2 aliphatic carbocycles. The zero-order chi connectivity index (χ0) is 52.1. The fourth-order valence-corrected chi connectivity index (χ4v) is 10.5. The van der Waals surface area contributed by atoms with E-state index in [0.717, 1.165) is 45.9 Å². The molecule has 4 heterocycles. The number of halogens is 2. The van der Waals surface area contributed by atoms with E-state index in [9.17, 15) is 36.9 Å². The van der Waals surface area contributed by atoms with Gasteiger partial charge in [-0.2, -0.15) is 9.97 Å². The second-order valence-electron chi connectivity index (χ2n) is 18.1. The Morgan fingerprint density at radius 2 is 1.18 bits per heavy atom. The van der Waals surface area contributed by atoms with Crippen LogP contribution in [-0.4, -0.2) is 95.9 Å². The molecule has 0 radical (unpaired) electrons. The largest absolute Gasteiger partial charge is 0.480 e. The van der Waals surface area contributed by atoms with Crippen LogP contribution in [0.4, 0.5) is 0 Å². The number of carboxylic acids is 1. The van der Waals surface area contributed by atoms with Gasteiger partial charge in [0.25, 0.3) is 0 Å². The lowest BCUT2D eigenvalue weighted by Crippen LogP contribution is -2.49. The van der Waals surface area contributed by atoms with Crippen LogP contribution in [0.15, 0.2) is 95.2 Å². The molecule has 73 heavy (non-hydrogen) atoms. The molecule has 2 aliphatic rings. The molecule has 0 saturated heterocycles. The Hall–Kier alpha value is -5.97. The Bertz CT molecular complexity index is 3260. The van der Waals surface area contributed by atoms with Gasteiger partial charge >= 0.3 is 5.97 Å². The van der Waals surface area contributed by atoms with Crippen molar-refractivity contribution in [1.29, 1.82) is 0 Å². The summed E-state index contributed by atoms with van der Waals surface area (Å²) in [5.74, 6) is -0.631. The average Bonchev–Trinajstić information content (AvgIpc) is 3.97. The highest BCUT2D eigenvalue weighted by Gasteiger charge is 2.34. The summed E-state index contributed by atoms with van der Waals surface area (Å²) >= 11 is 13.7. The summed E-state index contributed by atoms with van der Waals surface area (Å²) in [6.07, 6.45) is 9.40. The van der Waals surface area contributed by atoms with Crippen molar-refractivity contribution in [2.45, 2.75) is 92.9 Å². The van der Waals surface area contributed by atoms with Crippen molar-refractivity contribution < 1.29 is 55.9 Å². The average molecular weight is 1080 g/mol. The van der Waals surface area contributed by atoms with Crippen molar-refractivity contribution in [2.75, 3.05) is 32.3 Å². The Labute approximate surface area is 432 Å². The van der Waals surface area contributed by atoms with Crippen LogP contribution in [0.5, 0.6) is 23.5 Å². The lowest BCUT2D eigenvalue weighted by Gasteiger charge is -2.26. The summed E-state index contributed by atoms with van der Waals surface area (Å²) in [5.41, 5.74) is 6.72. The van der Waals surface area contributed by atoms with E-state index in [1.54, 1.807) is 12.1 Å². The summed E-state index contributed by atoms with van der Waals surface area (Å²) in [6, 6.07) is 18.4. The second-order valence-corrected chi connectivity index (χ2v) is 22.9. The molecule has 0 spiro atoms. The molecule has 18 nitrogen and oxygen atoms in total. The van der Waals surface area contributed by atoms with Crippen molar-refractivity contribution in [3.8, 4) is 34.6 Å². The first kappa shape index (κ1) is 53.3. The topological polar surface area (TPSA) is 259 Å². The molecule has 5 N–H and O–H groups in total. The molecule has 8 rings (SSSR count). The predicted octanol–water partition coefficient (Wildman–Crippen LogP) is 6.74. The van der Waals surface area contributed by atoms with E-state index in [-0.39, 0.29) is 89.3 Å². The highest BCUT2D eigenvalue weighted by atomic mass is 35.5. The number of aromatic nitrogens is 4. The van der Waals surface area contributed by atoms with Crippen LogP contribution in [0.1, 0.15) is 82.9 Å². The number of aliphatic carboxylic acids is 1. The van der Waals surface area contributed by atoms with Crippen LogP contribution in [0.3, 0.4) is 0 Å². The number of aliphatic hydroxyl groups excluding tert-OH is 2. The van der Waals surface area contributed by atoms with Crippen LogP contribution >= 0.6 is 23.2 Å². The molecule has 386 valence electrons. The number of carbonyl (C=O) groups is 1. The van der Waals surface area contributed by atoms with E-state index >= 15 is 0 Å². The van der Waals surface area contributed by atoms with E-state index in [4.69, 9.17) is 52.1 Å². The minimum atomic E-state index is -3.56. The molecular weight excluding hydrogens is 1020 g/mol. The highest BCUT2D eigenvalue weighted by Crippen LogP contribution is 2.46. The fourth-order valence-electron chi connectivity index (χ4n) is 8.79. The quantitative estimate of drug-likeness (QED) is 0.0416. The van der Waals surface area contributed by atoms with Gasteiger partial charge in [-0.15, -0.1) is 0 Å². The molecule has 2 aromatic carbocycles. The van der Waals surface area contributed by atoms with Gasteiger partial charge in [-0.1, -0.05) is 59.6 Å².